The lowest BCUT2D eigenvalue weighted by Crippen LogP contribution is -2.36. The third kappa shape index (κ3) is 2.22. The number of nitrogens with one attached hydrogen (secondary N) is 2. The van der Waals surface area contributed by atoms with Gasteiger partial charge in [0.25, 0.3) is 5.91 Å². The van der Waals surface area contributed by atoms with E-state index in [1.807, 2.05) is 0 Å². The van der Waals surface area contributed by atoms with Crippen molar-refractivity contribution in [2.24, 2.45) is 0 Å². The van der Waals surface area contributed by atoms with Crippen LogP contribution >= 0.6 is 0 Å². The van der Waals surface area contributed by atoms with Gasteiger partial charge in [-0.25, -0.2) is 4.39 Å². The van der Waals surface area contributed by atoms with E-state index in [0.29, 0.717) is 5.56 Å². The Morgan fingerprint density at radius 2 is 2.38 bits per heavy atom. The standard InChI is InChI=1S/C12H15FN2O/c1-8-3-2-4-10(11(8)13)12(16)15-9-5-6-14-7-9/h2-4,9,14H,5-7H2,1H3,(H,15,16). The third-order valence-corrected chi connectivity index (χ3v) is 2.83. The van der Waals surface area contributed by atoms with Gasteiger partial charge in [-0.2, -0.15) is 0 Å². The van der Waals surface area contributed by atoms with Crippen molar-refractivity contribution in [1.82, 2.24) is 10.6 Å². The van der Waals surface area contributed by atoms with Crippen molar-refractivity contribution in [2.45, 2.75) is 19.4 Å². The molecule has 1 heterocycles. The molecule has 16 heavy (non-hydrogen) atoms. The van der Waals surface area contributed by atoms with Crippen LogP contribution in [-0.4, -0.2) is 25.0 Å². The lowest BCUT2D eigenvalue weighted by atomic mass is 10.1. The van der Waals surface area contributed by atoms with Gasteiger partial charge in [-0.1, -0.05) is 12.1 Å². The number of hydrogen-bond acceptors (Lipinski definition) is 2. The van der Waals surface area contributed by atoms with Gasteiger partial charge in [-0.15, -0.1) is 0 Å². The van der Waals surface area contributed by atoms with Crippen LogP contribution in [0.15, 0.2) is 18.2 Å². The van der Waals surface area contributed by atoms with E-state index in [9.17, 15) is 9.18 Å². The Balaban J connectivity index is 2.11. The molecule has 4 heteroatoms. The lowest BCUT2D eigenvalue weighted by molar-refractivity contribution is 0.0936. The van der Waals surface area contributed by atoms with E-state index in [2.05, 4.69) is 10.6 Å². The molecule has 3 nitrogen and oxygen atoms in total. The number of rotatable bonds is 2. The first-order valence-corrected chi connectivity index (χ1v) is 5.45. The lowest BCUT2D eigenvalue weighted by Gasteiger charge is -2.12. The molecule has 0 aromatic heterocycles. The highest BCUT2D eigenvalue weighted by atomic mass is 19.1. The second kappa shape index (κ2) is 4.61. The van der Waals surface area contributed by atoms with Crippen LogP contribution in [0.3, 0.4) is 0 Å². The van der Waals surface area contributed by atoms with Gasteiger partial charge < -0.3 is 10.6 Å². The average Bonchev–Trinajstić information content (AvgIpc) is 2.74. The number of carbonyl (C=O) groups is 1. The van der Waals surface area contributed by atoms with Gasteiger partial charge in [0.15, 0.2) is 0 Å². The van der Waals surface area contributed by atoms with E-state index >= 15 is 0 Å². The molecule has 1 aromatic carbocycles. The van der Waals surface area contributed by atoms with E-state index < -0.39 is 5.82 Å². The summed E-state index contributed by atoms with van der Waals surface area (Å²) in [6.07, 6.45) is 0.902. The van der Waals surface area contributed by atoms with Crippen LogP contribution in [0.25, 0.3) is 0 Å². The molecule has 0 saturated carbocycles. The zero-order valence-corrected chi connectivity index (χ0v) is 9.22. The van der Waals surface area contributed by atoms with Crippen molar-refractivity contribution < 1.29 is 9.18 Å². The van der Waals surface area contributed by atoms with E-state index in [4.69, 9.17) is 0 Å². The molecule has 1 atom stereocenters. The fourth-order valence-corrected chi connectivity index (χ4v) is 1.86. The molecule has 2 N–H and O–H groups in total. The van der Waals surface area contributed by atoms with Crippen molar-refractivity contribution in [2.75, 3.05) is 13.1 Å². The molecule has 1 unspecified atom stereocenters. The monoisotopic (exact) mass is 222 g/mol. The number of carbonyl (C=O) groups excluding carboxylic acids is 1. The predicted molar refractivity (Wildman–Crippen MR) is 59.9 cm³/mol. The first-order chi connectivity index (χ1) is 7.68. The van der Waals surface area contributed by atoms with E-state index in [1.54, 1.807) is 19.1 Å². The van der Waals surface area contributed by atoms with Gasteiger partial charge in [0.2, 0.25) is 0 Å². The topological polar surface area (TPSA) is 41.1 Å². The number of aryl methyl sites for hydroxylation is 1. The molecule has 0 radical (unpaired) electrons. The minimum Gasteiger partial charge on any atom is -0.348 e. The molecular formula is C12H15FN2O. The number of benzene rings is 1. The predicted octanol–water partition coefficient (Wildman–Crippen LogP) is 1.23. The Morgan fingerprint density at radius 3 is 3.06 bits per heavy atom. The summed E-state index contributed by atoms with van der Waals surface area (Å²) >= 11 is 0. The molecule has 1 aliphatic heterocycles. The zero-order chi connectivity index (χ0) is 11.5. The minimum atomic E-state index is -0.425. The van der Waals surface area contributed by atoms with Gasteiger partial charge in [0.05, 0.1) is 5.56 Å². The molecule has 86 valence electrons. The first kappa shape index (κ1) is 11.1. The number of halogens is 1. The maximum absolute atomic E-state index is 13.6. The van der Waals surface area contributed by atoms with Gasteiger partial charge in [0.1, 0.15) is 5.82 Å². The van der Waals surface area contributed by atoms with E-state index in [1.165, 1.54) is 6.07 Å². The summed E-state index contributed by atoms with van der Waals surface area (Å²) in [5.41, 5.74) is 0.629. The van der Waals surface area contributed by atoms with Crippen LogP contribution in [0.1, 0.15) is 22.3 Å². The van der Waals surface area contributed by atoms with Crippen molar-refractivity contribution in [3.63, 3.8) is 0 Å². The van der Waals surface area contributed by atoms with Gasteiger partial charge in [-0.05, 0) is 31.5 Å². The molecule has 1 aromatic rings. The quantitative estimate of drug-likeness (QED) is 0.790. The summed E-state index contributed by atoms with van der Waals surface area (Å²) in [5, 5.41) is 5.97. The van der Waals surface area contributed by atoms with Crippen LogP contribution < -0.4 is 10.6 Å². The average molecular weight is 222 g/mol. The van der Waals surface area contributed by atoms with Gasteiger partial charge in [-0.3, -0.25) is 4.79 Å². The highest BCUT2D eigenvalue weighted by Crippen LogP contribution is 2.12. The highest BCUT2D eigenvalue weighted by molar-refractivity contribution is 5.94. The molecule has 1 amide bonds. The molecule has 1 fully saturated rings. The molecule has 1 aliphatic rings. The van der Waals surface area contributed by atoms with Crippen molar-refractivity contribution in [3.05, 3.63) is 35.1 Å². The van der Waals surface area contributed by atoms with Crippen molar-refractivity contribution >= 4 is 5.91 Å². The zero-order valence-electron chi connectivity index (χ0n) is 9.22. The SMILES string of the molecule is Cc1cccc(C(=O)NC2CCNC2)c1F. The molecule has 0 spiro atoms. The largest absolute Gasteiger partial charge is 0.348 e. The van der Waals surface area contributed by atoms with E-state index in [-0.39, 0.29) is 17.5 Å². The third-order valence-electron chi connectivity index (χ3n) is 2.83. The molecule has 1 saturated heterocycles. The smallest absolute Gasteiger partial charge is 0.254 e. The van der Waals surface area contributed by atoms with Crippen LogP contribution in [-0.2, 0) is 0 Å². The van der Waals surface area contributed by atoms with E-state index in [0.717, 1.165) is 19.5 Å². The first-order valence-electron chi connectivity index (χ1n) is 5.45. The Morgan fingerprint density at radius 1 is 1.56 bits per heavy atom. The normalized spacial score (nSPS) is 19.8. The van der Waals surface area contributed by atoms with Crippen LogP contribution in [0.5, 0.6) is 0 Å². The number of hydrogen-bond donors (Lipinski definition) is 2. The second-order valence-corrected chi connectivity index (χ2v) is 4.10. The molecule has 0 aliphatic carbocycles. The fraction of sp³-hybridized carbons (Fsp3) is 0.417. The minimum absolute atomic E-state index is 0.118. The van der Waals surface area contributed by atoms with Crippen molar-refractivity contribution in [3.8, 4) is 0 Å². The van der Waals surface area contributed by atoms with Crippen LogP contribution in [0, 0.1) is 12.7 Å². The number of amides is 1. The summed E-state index contributed by atoms with van der Waals surface area (Å²) in [7, 11) is 0. The summed E-state index contributed by atoms with van der Waals surface area (Å²) in [5.74, 6) is -0.749. The summed E-state index contributed by atoms with van der Waals surface area (Å²) in [4.78, 5) is 11.8. The molecule has 2 rings (SSSR count). The van der Waals surface area contributed by atoms with Crippen LogP contribution in [0.2, 0.25) is 0 Å². The Kier molecular flexibility index (Phi) is 3.19. The second-order valence-electron chi connectivity index (χ2n) is 4.10. The summed E-state index contributed by atoms with van der Waals surface area (Å²) < 4.78 is 13.6. The van der Waals surface area contributed by atoms with Crippen molar-refractivity contribution in [1.29, 1.82) is 0 Å². The van der Waals surface area contributed by atoms with Gasteiger partial charge in [0, 0.05) is 12.6 Å². The molecular weight excluding hydrogens is 207 g/mol. The maximum Gasteiger partial charge on any atom is 0.254 e. The van der Waals surface area contributed by atoms with Crippen LogP contribution in [0.4, 0.5) is 4.39 Å². The fourth-order valence-electron chi connectivity index (χ4n) is 1.86. The summed E-state index contributed by atoms with van der Waals surface area (Å²) in [6, 6.07) is 4.98. The Hall–Kier alpha value is -1.42. The highest BCUT2D eigenvalue weighted by Gasteiger charge is 2.19. The summed E-state index contributed by atoms with van der Waals surface area (Å²) in [6.45, 7) is 3.32. The van der Waals surface area contributed by atoms with Gasteiger partial charge >= 0.3 is 0 Å². The Bertz CT molecular complexity index is 400. The molecule has 0 bridgehead atoms. The Labute approximate surface area is 94.0 Å². The maximum atomic E-state index is 13.6.